The van der Waals surface area contributed by atoms with E-state index in [1.54, 1.807) is 7.11 Å². The summed E-state index contributed by atoms with van der Waals surface area (Å²) in [6.07, 6.45) is 8.14. The van der Waals surface area contributed by atoms with Gasteiger partial charge in [-0.25, -0.2) is 4.98 Å². The summed E-state index contributed by atoms with van der Waals surface area (Å²) in [4.78, 5) is 18.2. The van der Waals surface area contributed by atoms with Crippen molar-refractivity contribution in [1.82, 2.24) is 10.3 Å². The third kappa shape index (κ3) is 5.01. The summed E-state index contributed by atoms with van der Waals surface area (Å²) in [5.74, 6) is 1.14. The second-order valence-corrected chi connectivity index (χ2v) is 8.83. The first-order valence-corrected chi connectivity index (χ1v) is 11.6. The molecular weight excluding hydrogens is 396 g/mol. The van der Waals surface area contributed by atoms with E-state index in [1.807, 2.05) is 36.4 Å². The Morgan fingerprint density at radius 2 is 1.91 bits per heavy atom. The van der Waals surface area contributed by atoms with Crippen LogP contribution in [0.25, 0.3) is 22.2 Å². The van der Waals surface area contributed by atoms with E-state index < -0.39 is 0 Å². The number of aromatic nitrogens is 1. The molecule has 0 saturated carbocycles. The summed E-state index contributed by atoms with van der Waals surface area (Å²) in [6.45, 7) is 4.99. The van der Waals surface area contributed by atoms with Crippen LogP contribution in [0.2, 0.25) is 0 Å². The van der Waals surface area contributed by atoms with Crippen LogP contribution in [-0.4, -0.2) is 24.5 Å². The summed E-state index contributed by atoms with van der Waals surface area (Å²) in [5, 5.41) is 4.06. The molecule has 4 nitrogen and oxygen atoms in total. The van der Waals surface area contributed by atoms with Gasteiger partial charge in [-0.15, -0.1) is 0 Å². The molecular formula is C28H32N2O2. The van der Waals surface area contributed by atoms with Crippen molar-refractivity contribution in [2.75, 3.05) is 13.7 Å². The average Bonchev–Trinajstić information content (AvgIpc) is 2.83. The Bertz CT molecular complexity index is 1130. The maximum absolute atomic E-state index is 13.3. The molecule has 1 aliphatic carbocycles. The maximum atomic E-state index is 13.3. The number of nitrogens with zero attached hydrogens (tertiary/aromatic N) is 1. The number of carbonyl (C=O) groups excluding carboxylic acids is 1. The summed E-state index contributed by atoms with van der Waals surface area (Å²) >= 11 is 0. The number of nitrogens with one attached hydrogen (secondary N) is 1. The number of hydrogen-bond donors (Lipinski definition) is 1. The van der Waals surface area contributed by atoms with Crippen molar-refractivity contribution in [2.24, 2.45) is 0 Å². The number of ether oxygens (including phenoxy) is 1. The number of methoxy groups -OCH3 is 1. The van der Waals surface area contributed by atoms with Crippen LogP contribution < -0.4 is 10.1 Å². The van der Waals surface area contributed by atoms with E-state index in [0.717, 1.165) is 40.8 Å². The lowest BCUT2D eigenvalue weighted by Crippen LogP contribution is -2.25. The van der Waals surface area contributed by atoms with Crippen LogP contribution in [0.1, 0.15) is 67.8 Å². The van der Waals surface area contributed by atoms with Crippen molar-refractivity contribution in [3.05, 3.63) is 71.3 Å². The van der Waals surface area contributed by atoms with Crippen LogP contribution in [0.3, 0.4) is 0 Å². The summed E-state index contributed by atoms with van der Waals surface area (Å²) in [6, 6.07) is 16.0. The molecule has 1 aliphatic rings. The first kappa shape index (κ1) is 22.1. The van der Waals surface area contributed by atoms with Gasteiger partial charge < -0.3 is 10.1 Å². The SMILES string of the molecule is COc1ccc(-c2cc(C(=O)NCCC3=CCCCC3)c3cc(C(C)C)ccc3n2)cc1. The van der Waals surface area contributed by atoms with Gasteiger partial charge in [-0.05, 0) is 86.1 Å². The fraction of sp³-hybridized carbons (Fsp3) is 0.357. The largest absolute Gasteiger partial charge is 0.497 e. The first-order chi connectivity index (χ1) is 15.5. The molecule has 2 aromatic carbocycles. The lowest BCUT2D eigenvalue weighted by atomic mass is 9.96. The van der Waals surface area contributed by atoms with E-state index in [9.17, 15) is 4.79 Å². The Morgan fingerprint density at radius 1 is 1.09 bits per heavy atom. The molecule has 1 aromatic heterocycles. The molecule has 1 amide bonds. The van der Waals surface area contributed by atoms with Gasteiger partial charge in [0.1, 0.15) is 5.75 Å². The van der Waals surface area contributed by atoms with Crippen molar-refractivity contribution >= 4 is 16.8 Å². The molecule has 0 spiro atoms. The van der Waals surface area contributed by atoms with Crippen LogP contribution in [0, 0.1) is 0 Å². The average molecular weight is 429 g/mol. The normalized spacial score (nSPS) is 13.8. The second-order valence-electron chi connectivity index (χ2n) is 8.83. The second kappa shape index (κ2) is 9.99. The molecule has 3 aromatic rings. The lowest BCUT2D eigenvalue weighted by Gasteiger charge is -2.15. The molecule has 4 rings (SSSR count). The fourth-order valence-corrected chi connectivity index (χ4v) is 4.26. The molecule has 1 heterocycles. The maximum Gasteiger partial charge on any atom is 0.252 e. The number of carbonyl (C=O) groups is 1. The van der Waals surface area contributed by atoms with Crippen LogP contribution in [0.15, 0.2) is 60.2 Å². The quantitative estimate of drug-likeness (QED) is 0.428. The molecule has 0 unspecified atom stereocenters. The zero-order valence-electron chi connectivity index (χ0n) is 19.3. The van der Waals surface area contributed by atoms with E-state index >= 15 is 0 Å². The minimum atomic E-state index is -0.0375. The summed E-state index contributed by atoms with van der Waals surface area (Å²) < 4.78 is 5.28. The Labute approximate surface area is 190 Å². The van der Waals surface area contributed by atoms with E-state index in [-0.39, 0.29) is 5.91 Å². The molecule has 0 radical (unpaired) electrons. The van der Waals surface area contributed by atoms with E-state index in [2.05, 4.69) is 37.4 Å². The molecule has 1 N–H and O–H groups in total. The topological polar surface area (TPSA) is 51.2 Å². The van der Waals surface area contributed by atoms with Gasteiger partial charge in [0.05, 0.1) is 23.9 Å². The standard InChI is InChI=1S/C28H32N2O2/c1-19(2)22-11-14-26-24(17-22)25(28(31)29-16-15-20-7-5-4-6-8-20)18-27(30-26)21-9-12-23(32-3)13-10-21/h7,9-14,17-19H,4-6,8,15-16H2,1-3H3,(H,29,31). The highest BCUT2D eigenvalue weighted by molar-refractivity contribution is 6.07. The predicted octanol–water partition coefficient (Wildman–Crippen LogP) is 6.65. The Balaban J connectivity index is 1.67. The molecule has 166 valence electrons. The molecule has 32 heavy (non-hydrogen) atoms. The van der Waals surface area contributed by atoms with E-state index in [0.29, 0.717) is 18.0 Å². The minimum Gasteiger partial charge on any atom is -0.497 e. The summed E-state index contributed by atoms with van der Waals surface area (Å²) in [5.41, 5.74) is 5.94. The number of benzene rings is 2. The van der Waals surface area contributed by atoms with E-state index in [4.69, 9.17) is 9.72 Å². The van der Waals surface area contributed by atoms with Crippen LogP contribution in [0.4, 0.5) is 0 Å². The fourth-order valence-electron chi connectivity index (χ4n) is 4.26. The Kier molecular flexibility index (Phi) is 6.89. The molecule has 0 fully saturated rings. The third-order valence-corrected chi connectivity index (χ3v) is 6.25. The van der Waals surface area contributed by atoms with Crippen molar-refractivity contribution in [1.29, 1.82) is 0 Å². The van der Waals surface area contributed by atoms with Gasteiger partial charge in [-0.2, -0.15) is 0 Å². The number of hydrogen-bond acceptors (Lipinski definition) is 3. The Hall–Kier alpha value is -3.14. The van der Waals surface area contributed by atoms with Gasteiger partial charge in [0.25, 0.3) is 5.91 Å². The van der Waals surface area contributed by atoms with Gasteiger partial charge >= 0.3 is 0 Å². The predicted molar refractivity (Wildman–Crippen MR) is 131 cm³/mol. The van der Waals surface area contributed by atoms with Crippen molar-refractivity contribution in [3.63, 3.8) is 0 Å². The van der Waals surface area contributed by atoms with Crippen LogP contribution in [0.5, 0.6) is 5.75 Å². The zero-order valence-corrected chi connectivity index (χ0v) is 19.3. The number of pyridine rings is 1. The van der Waals surface area contributed by atoms with Crippen LogP contribution >= 0.6 is 0 Å². The molecule has 0 aliphatic heterocycles. The minimum absolute atomic E-state index is 0.0375. The highest BCUT2D eigenvalue weighted by atomic mass is 16.5. The first-order valence-electron chi connectivity index (χ1n) is 11.6. The molecule has 0 atom stereocenters. The van der Waals surface area contributed by atoms with Crippen molar-refractivity contribution in [2.45, 2.75) is 51.9 Å². The monoisotopic (exact) mass is 428 g/mol. The smallest absolute Gasteiger partial charge is 0.252 e. The van der Waals surface area contributed by atoms with E-state index in [1.165, 1.54) is 30.4 Å². The van der Waals surface area contributed by atoms with Gasteiger partial charge in [0, 0.05) is 17.5 Å². The lowest BCUT2D eigenvalue weighted by molar-refractivity contribution is 0.0955. The molecule has 4 heteroatoms. The number of allylic oxidation sites excluding steroid dienone is 1. The van der Waals surface area contributed by atoms with Crippen molar-refractivity contribution < 1.29 is 9.53 Å². The third-order valence-electron chi connectivity index (χ3n) is 6.25. The van der Waals surface area contributed by atoms with Gasteiger partial charge in [0.2, 0.25) is 0 Å². The highest BCUT2D eigenvalue weighted by Gasteiger charge is 2.16. The number of rotatable bonds is 7. The highest BCUT2D eigenvalue weighted by Crippen LogP contribution is 2.29. The van der Waals surface area contributed by atoms with Crippen LogP contribution in [-0.2, 0) is 0 Å². The Morgan fingerprint density at radius 3 is 2.59 bits per heavy atom. The van der Waals surface area contributed by atoms with Gasteiger partial charge in [-0.1, -0.05) is 31.6 Å². The molecule has 0 bridgehead atoms. The number of fused-ring (bicyclic) bond motifs is 1. The number of amides is 1. The molecule has 0 saturated heterocycles. The zero-order chi connectivity index (χ0) is 22.5. The van der Waals surface area contributed by atoms with Gasteiger partial charge in [-0.3, -0.25) is 4.79 Å². The summed E-state index contributed by atoms with van der Waals surface area (Å²) in [7, 11) is 1.65. The van der Waals surface area contributed by atoms with Crippen molar-refractivity contribution in [3.8, 4) is 17.0 Å². The van der Waals surface area contributed by atoms with Gasteiger partial charge in [0.15, 0.2) is 0 Å².